The number of hydrogen-bond donors (Lipinski definition) is 0. The monoisotopic (exact) mass is 466 g/mol. The second kappa shape index (κ2) is 9.05. The number of amides is 2. The molecule has 2 aromatic rings. The maximum atomic E-state index is 14.0. The first-order valence-corrected chi connectivity index (χ1v) is 10.3. The van der Waals surface area contributed by atoms with Crippen LogP contribution < -0.4 is 0 Å². The lowest BCUT2D eigenvalue weighted by Gasteiger charge is -2.33. The minimum absolute atomic E-state index is 0.0232. The van der Waals surface area contributed by atoms with Crippen LogP contribution in [0.25, 0.3) is 0 Å². The third-order valence-corrected chi connectivity index (χ3v) is 5.94. The normalized spacial score (nSPS) is 14.8. The SMILES string of the molecule is CN(Cc1c(F)cccc1Cl)C(=O)C1CCN(C(=O)c2ccc(Br)cc2)CC1. The van der Waals surface area contributed by atoms with Gasteiger partial charge in [-0.15, -0.1) is 0 Å². The molecule has 0 spiro atoms. The number of hydrogen-bond acceptors (Lipinski definition) is 2. The van der Waals surface area contributed by atoms with E-state index >= 15 is 0 Å². The van der Waals surface area contributed by atoms with E-state index in [1.165, 1.54) is 11.0 Å². The fourth-order valence-electron chi connectivity index (χ4n) is 3.41. The lowest BCUT2D eigenvalue weighted by molar-refractivity contribution is -0.136. The van der Waals surface area contributed by atoms with Gasteiger partial charge < -0.3 is 9.80 Å². The van der Waals surface area contributed by atoms with Gasteiger partial charge in [-0.3, -0.25) is 9.59 Å². The van der Waals surface area contributed by atoms with Crippen LogP contribution in [0.15, 0.2) is 46.9 Å². The number of piperidine rings is 1. The molecule has 1 saturated heterocycles. The second-order valence-corrected chi connectivity index (χ2v) is 8.29. The van der Waals surface area contributed by atoms with Crippen molar-refractivity contribution in [2.45, 2.75) is 19.4 Å². The van der Waals surface area contributed by atoms with E-state index in [4.69, 9.17) is 11.6 Å². The van der Waals surface area contributed by atoms with Crippen LogP contribution in [-0.2, 0) is 11.3 Å². The smallest absolute Gasteiger partial charge is 0.253 e. The molecule has 3 rings (SSSR count). The van der Waals surface area contributed by atoms with E-state index in [0.717, 1.165) is 4.47 Å². The summed E-state index contributed by atoms with van der Waals surface area (Å²) in [6.07, 6.45) is 1.19. The van der Waals surface area contributed by atoms with Crippen molar-refractivity contribution in [3.8, 4) is 0 Å². The van der Waals surface area contributed by atoms with E-state index in [-0.39, 0.29) is 24.3 Å². The Morgan fingerprint density at radius 1 is 1.18 bits per heavy atom. The van der Waals surface area contributed by atoms with E-state index in [1.807, 2.05) is 12.1 Å². The Hall–Kier alpha value is -1.92. The summed E-state index contributed by atoms with van der Waals surface area (Å²) in [5.41, 5.74) is 0.960. The Kier molecular flexibility index (Phi) is 6.73. The number of nitrogens with zero attached hydrogens (tertiary/aromatic N) is 2. The van der Waals surface area contributed by atoms with E-state index in [2.05, 4.69) is 15.9 Å². The fraction of sp³-hybridized carbons (Fsp3) is 0.333. The molecule has 1 heterocycles. The van der Waals surface area contributed by atoms with Crippen molar-refractivity contribution < 1.29 is 14.0 Å². The third kappa shape index (κ3) is 4.73. The summed E-state index contributed by atoms with van der Waals surface area (Å²) in [6.45, 7) is 1.18. The molecule has 2 amide bonds. The lowest BCUT2D eigenvalue weighted by atomic mass is 9.94. The maximum absolute atomic E-state index is 14.0. The summed E-state index contributed by atoms with van der Waals surface area (Å²) in [6, 6.07) is 11.8. The van der Waals surface area contributed by atoms with Gasteiger partial charge in [-0.25, -0.2) is 4.39 Å². The molecule has 1 fully saturated rings. The van der Waals surface area contributed by atoms with Gasteiger partial charge in [0.2, 0.25) is 5.91 Å². The van der Waals surface area contributed by atoms with Crippen LogP contribution >= 0.6 is 27.5 Å². The largest absolute Gasteiger partial charge is 0.341 e. The number of benzene rings is 2. The minimum Gasteiger partial charge on any atom is -0.341 e. The molecule has 0 radical (unpaired) electrons. The molecule has 1 aliphatic heterocycles. The van der Waals surface area contributed by atoms with Crippen molar-refractivity contribution >= 4 is 39.3 Å². The third-order valence-electron chi connectivity index (χ3n) is 5.06. The molecule has 148 valence electrons. The number of carbonyl (C=O) groups is 2. The topological polar surface area (TPSA) is 40.6 Å². The van der Waals surface area contributed by atoms with Crippen LogP contribution in [0.3, 0.4) is 0 Å². The molecule has 0 unspecified atom stereocenters. The van der Waals surface area contributed by atoms with Crippen LogP contribution in [0.5, 0.6) is 0 Å². The summed E-state index contributed by atoms with van der Waals surface area (Å²) in [5.74, 6) is -0.661. The number of rotatable bonds is 4. The molecule has 0 saturated carbocycles. The predicted octanol–water partition coefficient (Wildman–Crippen LogP) is 4.75. The first-order chi connectivity index (χ1) is 13.4. The number of carbonyl (C=O) groups excluding carboxylic acids is 2. The molecule has 0 atom stereocenters. The fourth-order valence-corrected chi connectivity index (χ4v) is 3.90. The lowest BCUT2D eigenvalue weighted by Crippen LogP contribution is -2.43. The van der Waals surface area contributed by atoms with Crippen molar-refractivity contribution in [1.29, 1.82) is 0 Å². The quantitative estimate of drug-likeness (QED) is 0.651. The van der Waals surface area contributed by atoms with Crippen LogP contribution in [0.2, 0.25) is 5.02 Å². The molecule has 7 heteroatoms. The Balaban J connectivity index is 1.57. The van der Waals surface area contributed by atoms with Gasteiger partial charge in [0, 0.05) is 53.2 Å². The molecular weight excluding hydrogens is 447 g/mol. The average Bonchev–Trinajstić information content (AvgIpc) is 2.70. The molecule has 28 heavy (non-hydrogen) atoms. The summed E-state index contributed by atoms with van der Waals surface area (Å²) in [5, 5.41) is 0.314. The molecule has 1 aliphatic rings. The van der Waals surface area contributed by atoms with Crippen molar-refractivity contribution in [2.75, 3.05) is 20.1 Å². The first kappa shape index (κ1) is 20.8. The Morgan fingerprint density at radius 3 is 2.43 bits per heavy atom. The van der Waals surface area contributed by atoms with Gasteiger partial charge in [-0.1, -0.05) is 33.6 Å². The zero-order valence-electron chi connectivity index (χ0n) is 15.5. The summed E-state index contributed by atoms with van der Waals surface area (Å²) >= 11 is 9.42. The number of halogens is 3. The maximum Gasteiger partial charge on any atom is 0.253 e. The van der Waals surface area contributed by atoms with Gasteiger partial charge in [-0.05, 0) is 49.2 Å². The second-order valence-electron chi connectivity index (χ2n) is 6.97. The highest BCUT2D eigenvalue weighted by Gasteiger charge is 2.30. The van der Waals surface area contributed by atoms with Crippen LogP contribution in [0, 0.1) is 11.7 Å². The van der Waals surface area contributed by atoms with Crippen LogP contribution in [0.1, 0.15) is 28.8 Å². The highest BCUT2D eigenvalue weighted by atomic mass is 79.9. The first-order valence-electron chi connectivity index (χ1n) is 9.09. The Morgan fingerprint density at radius 2 is 1.82 bits per heavy atom. The molecule has 2 aromatic carbocycles. The Bertz CT molecular complexity index is 847. The number of likely N-dealkylation sites (tertiary alicyclic amines) is 1. The van der Waals surface area contributed by atoms with Gasteiger partial charge in [0.25, 0.3) is 5.91 Å². The summed E-state index contributed by atoms with van der Waals surface area (Å²) < 4.78 is 14.9. The minimum atomic E-state index is -0.415. The summed E-state index contributed by atoms with van der Waals surface area (Å²) in [7, 11) is 1.66. The van der Waals surface area contributed by atoms with Crippen molar-refractivity contribution in [3.63, 3.8) is 0 Å². The molecule has 0 aliphatic carbocycles. The summed E-state index contributed by atoms with van der Waals surface area (Å²) in [4.78, 5) is 28.7. The molecule has 4 nitrogen and oxygen atoms in total. The van der Waals surface area contributed by atoms with Gasteiger partial charge >= 0.3 is 0 Å². The molecular formula is C21H21BrClFN2O2. The zero-order chi connectivity index (χ0) is 20.3. The standard InChI is InChI=1S/C21H21BrClFN2O2/c1-25(13-17-18(23)3-2-4-19(17)24)20(27)15-9-11-26(12-10-15)21(28)14-5-7-16(22)8-6-14/h2-8,15H,9-13H2,1H3. The van der Waals surface area contributed by atoms with Crippen LogP contribution in [-0.4, -0.2) is 41.8 Å². The molecule has 0 aromatic heterocycles. The van der Waals surface area contributed by atoms with Gasteiger partial charge in [0.05, 0.1) is 0 Å². The molecule has 0 bridgehead atoms. The van der Waals surface area contributed by atoms with Gasteiger partial charge in [0.1, 0.15) is 5.82 Å². The van der Waals surface area contributed by atoms with E-state index in [0.29, 0.717) is 42.1 Å². The average molecular weight is 468 g/mol. The van der Waals surface area contributed by atoms with Crippen molar-refractivity contribution in [2.24, 2.45) is 5.92 Å². The predicted molar refractivity (Wildman–Crippen MR) is 111 cm³/mol. The van der Waals surface area contributed by atoms with Gasteiger partial charge in [0.15, 0.2) is 0 Å². The van der Waals surface area contributed by atoms with E-state index in [1.54, 1.807) is 36.2 Å². The van der Waals surface area contributed by atoms with Gasteiger partial charge in [-0.2, -0.15) is 0 Å². The zero-order valence-corrected chi connectivity index (χ0v) is 17.8. The van der Waals surface area contributed by atoms with E-state index in [9.17, 15) is 14.0 Å². The highest BCUT2D eigenvalue weighted by molar-refractivity contribution is 9.10. The van der Waals surface area contributed by atoms with E-state index < -0.39 is 5.82 Å². The van der Waals surface area contributed by atoms with Crippen molar-refractivity contribution in [3.05, 3.63) is 68.9 Å². The Labute approximate surface area is 177 Å². The van der Waals surface area contributed by atoms with Crippen LogP contribution in [0.4, 0.5) is 4.39 Å². The van der Waals surface area contributed by atoms with Crippen molar-refractivity contribution in [1.82, 2.24) is 9.80 Å². The highest BCUT2D eigenvalue weighted by Crippen LogP contribution is 2.24. The molecule has 0 N–H and O–H groups in total.